The van der Waals surface area contributed by atoms with Crippen molar-refractivity contribution in [3.05, 3.63) is 18.2 Å². The molecular formula is C14H17N3O4S. The van der Waals surface area contributed by atoms with Crippen molar-refractivity contribution in [2.75, 3.05) is 29.1 Å². The van der Waals surface area contributed by atoms with Crippen LogP contribution in [0.5, 0.6) is 0 Å². The number of aliphatic hydroxyl groups excluding tert-OH is 1. The maximum absolute atomic E-state index is 12.0. The predicted molar refractivity (Wildman–Crippen MR) is 83.1 cm³/mol. The summed E-state index contributed by atoms with van der Waals surface area (Å²) in [5.74, 6) is 0.334. The molecule has 1 aromatic carbocycles. The van der Waals surface area contributed by atoms with E-state index in [1.165, 1.54) is 16.7 Å². The zero-order valence-corrected chi connectivity index (χ0v) is 12.6. The van der Waals surface area contributed by atoms with Gasteiger partial charge in [-0.2, -0.15) is 0 Å². The first-order valence-corrected chi connectivity index (χ1v) is 8.00. The first kappa shape index (κ1) is 15.1. The molecule has 8 heteroatoms. The summed E-state index contributed by atoms with van der Waals surface area (Å²) >= 11 is 1.46. The first-order chi connectivity index (χ1) is 10.6. The molecule has 1 aromatic rings. The Bertz CT molecular complexity index is 610. The minimum Gasteiger partial charge on any atom is -0.441 e. The molecule has 0 spiro atoms. The number of carbonyl (C=O) groups excluding carboxylic acids is 2. The van der Waals surface area contributed by atoms with Gasteiger partial charge in [-0.15, -0.1) is 11.8 Å². The number of rotatable bonds is 4. The number of ether oxygens (including phenoxy) is 1. The van der Waals surface area contributed by atoms with Crippen molar-refractivity contribution < 1.29 is 19.4 Å². The van der Waals surface area contributed by atoms with E-state index >= 15 is 0 Å². The highest BCUT2D eigenvalue weighted by Gasteiger charge is 2.36. The van der Waals surface area contributed by atoms with E-state index in [4.69, 9.17) is 10.5 Å². The van der Waals surface area contributed by atoms with Gasteiger partial charge in [0, 0.05) is 10.6 Å². The van der Waals surface area contributed by atoms with E-state index in [1.54, 1.807) is 6.07 Å². The Kier molecular flexibility index (Phi) is 4.23. The minimum absolute atomic E-state index is 0.0603. The van der Waals surface area contributed by atoms with Gasteiger partial charge >= 0.3 is 6.09 Å². The molecule has 1 fully saturated rings. The van der Waals surface area contributed by atoms with E-state index in [0.29, 0.717) is 30.1 Å². The molecule has 1 saturated heterocycles. The minimum atomic E-state index is -0.771. The summed E-state index contributed by atoms with van der Waals surface area (Å²) in [6.07, 6.45) is -1.48. The standard InChI is InChI=1S/C14H17N3O4S/c15-4-3-10(18)11-6-17(14(20)21-11)8-1-2-12-9(5-8)16-13(19)7-22-12/h1-2,5,10-11,18H,3-4,6-7,15H2,(H,16,19)/t10-,11-/m1/s1. The van der Waals surface area contributed by atoms with Crippen LogP contribution in [0.15, 0.2) is 23.1 Å². The van der Waals surface area contributed by atoms with Crippen molar-refractivity contribution in [1.82, 2.24) is 0 Å². The Morgan fingerprint density at radius 3 is 3.09 bits per heavy atom. The van der Waals surface area contributed by atoms with Crippen molar-refractivity contribution >= 4 is 35.1 Å². The third-order valence-corrected chi connectivity index (χ3v) is 4.71. The maximum Gasteiger partial charge on any atom is 0.414 e. The number of nitrogens with one attached hydrogen (secondary N) is 1. The van der Waals surface area contributed by atoms with Crippen LogP contribution < -0.4 is 16.0 Å². The van der Waals surface area contributed by atoms with Crippen LogP contribution in [0.1, 0.15) is 6.42 Å². The van der Waals surface area contributed by atoms with Gasteiger partial charge in [0.05, 0.1) is 24.1 Å². The van der Waals surface area contributed by atoms with Crippen LogP contribution >= 0.6 is 11.8 Å². The van der Waals surface area contributed by atoms with Crippen molar-refractivity contribution in [3.8, 4) is 0 Å². The molecule has 3 rings (SSSR count). The van der Waals surface area contributed by atoms with Crippen molar-refractivity contribution in [2.45, 2.75) is 23.5 Å². The number of cyclic esters (lactones) is 1. The number of hydrogen-bond donors (Lipinski definition) is 3. The summed E-state index contributed by atoms with van der Waals surface area (Å²) in [6.45, 7) is 0.594. The third-order valence-electron chi connectivity index (χ3n) is 3.63. The molecule has 0 bridgehead atoms. The summed E-state index contributed by atoms with van der Waals surface area (Å²) in [6, 6.07) is 5.42. The number of nitrogens with two attached hydrogens (primary N) is 1. The molecule has 0 saturated carbocycles. The molecule has 22 heavy (non-hydrogen) atoms. The highest BCUT2D eigenvalue weighted by molar-refractivity contribution is 8.00. The predicted octanol–water partition coefficient (Wildman–Crippen LogP) is 0.766. The topological polar surface area (TPSA) is 105 Å². The van der Waals surface area contributed by atoms with Gasteiger partial charge in [0.1, 0.15) is 6.10 Å². The summed E-state index contributed by atoms with van der Waals surface area (Å²) in [5.41, 5.74) is 6.74. The zero-order chi connectivity index (χ0) is 15.7. The summed E-state index contributed by atoms with van der Waals surface area (Å²) in [7, 11) is 0. The van der Waals surface area contributed by atoms with Crippen molar-refractivity contribution in [3.63, 3.8) is 0 Å². The van der Waals surface area contributed by atoms with Gasteiger partial charge in [-0.05, 0) is 31.2 Å². The van der Waals surface area contributed by atoms with Gasteiger partial charge in [0.25, 0.3) is 0 Å². The van der Waals surface area contributed by atoms with Gasteiger partial charge in [-0.1, -0.05) is 0 Å². The largest absolute Gasteiger partial charge is 0.441 e. The number of amides is 2. The lowest BCUT2D eigenvalue weighted by molar-refractivity contribution is -0.113. The fourth-order valence-electron chi connectivity index (χ4n) is 2.49. The second-order valence-corrected chi connectivity index (χ2v) is 6.21. The average Bonchev–Trinajstić information content (AvgIpc) is 2.89. The number of benzene rings is 1. The van der Waals surface area contributed by atoms with Gasteiger partial charge in [0.15, 0.2) is 0 Å². The lowest BCUT2D eigenvalue weighted by atomic mass is 10.1. The van der Waals surface area contributed by atoms with Crippen LogP contribution in [0.25, 0.3) is 0 Å². The summed E-state index contributed by atoms with van der Waals surface area (Å²) < 4.78 is 5.20. The molecule has 0 aliphatic carbocycles. The maximum atomic E-state index is 12.0. The van der Waals surface area contributed by atoms with E-state index in [2.05, 4.69) is 5.32 Å². The Morgan fingerprint density at radius 2 is 2.32 bits per heavy atom. The van der Waals surface area contributed by atoms with E-state index in [0.717, 1.165) is 4.90 Å². The molecule has 2 amide bonds. The number of aliphatic hydroxyl groups is 1. The Hall–Kier alpha value is -1.77. The van der Waals surface area contributed by atoms with Crippen LogP contribution in [0.4, 0.5) is 16.2 Å². The van der Waals surface area contributed by atoms with Gasteiger partial charge in [-0.3, -0.25) is 9.69 Å². The molecule has 0 aromatic heterocycles. The smallest absolute Gasteiger partial charge is 0.414 e. The van der Waals surface area contributed by atoms with Crippen LogP contribution in [-0.4, -0.2) is 48.2 Å². The number of nitrogens with zero attached hydrogens (tertiary/aromatic N) is 1. The fourth-order valence-corrected chi connectivity index (χ4v) is 3.28. The second-order valence-electron chi connectivity index (χ2n) is 5.19. The van der Waals surface area contributed by atoms with E-state index < -0.39 is 18.3 Å². The van der Waals surface area contributed by atoms with E-state index in [-0.39, 0.29) is 12.5 Å². The fraction of sp³-hybridized carbons (Fsp3) is 0.429. The molecule has 118 valence electrons. The molecule has 2 atom stereocenters. The normalized spacial score (nSPS) is 22.1. The Morgan fingerprint density at radius 1 is 1.50 bits per heavy atom. The number of hydrogen-bond acceptors (Lipinski definition) is 6. The summed E-state index contributed by atoms with van der Waals surface area (Å²) in [5, 5.41) is 12.7. The molecule has 2 aliphatic heterocycles. The molecule has 2 heterocycles. The van der Waals surface area contributed by atoms with Crippen molar-refractivity contribution in [1.29, 1.82) is 0 Å². The van der Waals surface area contributed by atoms with Crippen molar-refractivity contribution in [2.24, 2.45) is 5.73 Å². The number of carbonyl (C=O) groups is 2. The van der Waals surface area contributed by atoms with Gasteiger partial charge in [-0.25, -0.2) is 4.79 Å². The summed E-state index contributed by atoms with van der Waals surface area (Å²) in [4.78, 5) is 25.9. The third kappa shape index (κ3) is 2.90. The lowest BCUT2D eigenvalue weighted by Crippen LogP contribution is -2.32. The van der Waals surface area contributed by atoms with Gasteiger partial charge < -0.3 is 20.9 Å². The monoisotopic (exact) mass is 323 g/mol. The zero-order valence-electron chi connectivity index (χ0n) is 11.8. The molecule has 7 nitrogen and oxygen atoms in total. The highest BCUT2D eigenvalue weighted by Crippen LogP contribution is 2.35. The molecule has 0 radical (unpaired) electrons. The number of fused-ring (bicyclic) bond motifs is 1. The second kappa shape index (κ2) is 6.15. The van der Waals surface area contributed by atoms with Crippen LogP contribution in [0, 0.1) is 0 Å². The van der Waals surface area contributed by atoms with E-state index in [9.17, 15) is 14.7 Å². The highest BCUT2D eigenvalue weighted by atomic mass is 32.2. The quantitative estimate of drug-likeness (QED) is 0.756. The average molecular weight is 323 g/mol. The number of thioether (sulfide) groups is 1. The van der Waals surface area contributed by atoms with Crippen LogP contribution in [-0.2, 0) is 9.53 Å². The molecule has 2 aliphatic rings. The van der Waals surface area contributed by atoms with E-state index in [1.807, 2.05) is 12.1 Å². The van der Waals surface area contributed by atoms with Gasteiger partial charge in [0.2, 0.25) is 5.91 Å². The SMILES string of the molecule is NCC[C@@H](O)[C@H]1CN(c2ccc3c(c2)NC(=O)CS3)C(=O)O1. The molecule has 0 unspecified atom stereocenters. The Labute approximate surface area is 131 Å². The molecular weight excluding hydrogens is 306 g/mol. The van der Waals surface area contributed by atoms with Crippen LogP contribution in [0.3, 0.4) is 0 Å². The first-order valence-electron chi connectivity index (χ1n) is 7.01. The lowest BCUT2D eigenvalue weighted by Gasteiger charge is -2.20. The Balaban J connectivity index is 1.78. The number of anilines is 2. The molecule has 4 N–H and O–H groups in total. The van der Waals surface area contributed by atoms with Crippen LogP contribution in [0.2, 0.25) is 0 Å².